The Labute approximate surface area is 168 Å². The van der Waals surface area contributed by atoms with Crippen molar-refractivity contribution in [1.82, 2.24) is 24.4 Å². The maximum atomic E-state index is 13.4. The first-order valence-electron chi connectivity index (χ1n) is 9.93. The molecule has 2 N–H and O–H groups in total. The summed E-state index contributed by atoms with van der Waals surface area (Å²) < 4.78 is 16.6. The van der Waals surface area contributed by atoms with E-state index in [4.69, 9.17) is 0 Å². The minimum absolute atomic E-state index is 0.0166. The van der Waals surface area contributed by atoms with Crippen molar-refractivity contribution in [2.24, 2.45) is 0 Å². The standard InChI is InChI=1S/C21H25FN6O/c1-14(2)27-13-19(28(21(27)29)17-5-3-15(22)4-6-17)18-9-12-24-20(26-18)25-16-7-10-23-11-8-16/h3-6,9,12-14,16,23H,7-8,10-11H2,1-2H3,(H,24,25,26). The van der Waals surface area contributed by atoms with E-state index < -0.39 is 0 Å². The van der Waals surface area contributed by atoms with Crippen molar-refractivity contribution in [3.8, 4) is 17.1 Å². The third kappa shape index (κ3) is 4.07. The predicted molar refractivity (Wildman–Crippen MR) is 111 cm³/mol. The molecule has 1 aliphatic rings. The van der Waals surface area contributed by atoms with Crippen molar-refractivity contribution >= 4 is 5.95 Å². The Kier molecular flexibility index (Phi) is 5.44. The van der Waals surface area contributed by atoms with Gasteiger partial charge in [0, 0.05) is 24.5 Å². The van der Waals surface area contributed by atoms with Gasteiger partial charge in [-0.3, -0.25) is 9.13 Å². The lowest BCUT2D eigenvalue weighted by Gasteiger charge is -2.23. The summed E-state index contributed by atoms with van der Waals surface area (Å²) in [5.41, 5.74) is 1.69. The number of nitrogens with one attached hydrogen (secondary N) is 2. The van der Waals surface area contributed by atoms with E-state index in [1.807, 2.05) is 13.8 Å². The van der Waals surface area contributed by atoms with E-state index in [0.717, 1.165) is 25.9 Å². The lowest BCUT2D eigenvalue weighted by Crippen LogP contribution is -2.35. The van der Waals surface area contributed by atoms with Gasteiger partial charge in [0.2, 0.25) is 5.95 Å². The number of hydrogen-bond donors (Lipinski definition) is 2. The Morgan fingerprint density at radius 1 is 1.17 bits per heavy atom. The topological polar surface area (TPSA) is 76.8 Å². The van der Waals surface area contributed by atoms with Gasteiger partial charge in [0.1, 0.15) is 5.82 Å². The molecule has 0 aliphatic carbocycles. The minimum atomic E-state index is -0.345. The molecule has 0 atom stereocenters. The fourth-order valence-corrected chi connectivity index (χ4v) is 3.57. The smallest absolute Gasteiger partial charge is 0.333 e. The summed E-state index contributed by atoms with van der Waals surface area (Å²) in [7, 11) is 0. The van der Waals surface area contributed by atoms with Crippen molar-refractivity contribution < 1.29 is 4.39 Å². The maximum Gasteiger partial charge on any atom is 0.333 e. The summed E-state index contributed by atoms with van der Waals surface area (Å²) in [6, 6.07) is 7.99. The number of aromatic nitrogens is 4. The molecule has 7 nitrogen and oxygen atoms in total. The highest BCUT2D eigenvalue weighted by atomic mass is 19.1. The molecule has 152 valence electrons. The van der Waals surface area contributed by atoms with E-state index in [9.17, 15) is 9.18 Å². The molecule has 1 saturated heterocycles. The molecule has 0 saturated carbocycles. The number of benzene rings is 1. The first-order chi connectivity index (χ1) is 14.0. The van der Waals surface area contributed by atoms with Crippen LogP contribution in [0.2, 0.25) is 0 Å². The second kappa shape index (κ2) is 8.16. The fraction of sp³-hybridized carbons (Fsp3) is 0.381. The van der Waals surface area contributed by atoms with Crippen LogP contribution in [0.4, 0.5) is 10.3 Å². The normalized spacial score (nSPS) is 15.0. The second-order valence-corrected chi connectivity index (χ2v) is 7.54. The number of hydrogen-bond acceptors (Lipinski definition) is 5. The SMILES string of the molecule is CC(C)n1cc(-c2ccnc(NC3CCNCC3)n2)n(-c2ccc(F)cc2)c1=O. The largest absolute Gasteiger partial charge is 0.351 e. The maximum absolute atomic E-state index is 13.4. The van der Waals surface area contributed by atoms with Crippen LogP contribution in [-0.4, -0.2) is 38.2 Å². The summed E-state index contributed by atoms with van der Waals surface area (Å²) in [5, 5.41) is 6.73. The molecule has 1 fully saturated rings. The number of imidazole rings is 1. The molecule has 1 aliphatic heterocycles. The zero-order chi connectivity index (χ0) is 20.4. The van der Waals surface area contributed by atoms with Crippen LogP contribution in [0.1, 0.15) is 32.7 Å². The Balaban J connectivity index is 1.76. The van der Waals surface area contributed by atoms with Crippen molar-refractivity contribution in [3.05, 3.63) is 59.0 Å². The van der Waals surface area contributed by atoms with E-state index in [-0.39, 0.29) is 17.5 Å². The summed E-state index contributed by atoms with van der Waals surface area (Å²) in [5.74, 6) is 0.201. The number of piperidine rings is 1. The molecule has 3 heterocycles. The summed E-state index contributed by atoms with van der Waals surface area (Å²) in [6.45, 7) is 5.84. The molecule has 29 heavy (non-hydrogen) atoms. The molecule has 0 radical (unpaired) electrons. The zero-order valence-electron chi connectivity index (χ0n) is 16.6. The first-order valence-corrected chi connectivity index (χ1v) is 9.93. The lowest BCUT2D eigenvalue weighted by atomic mass is 10.1. The highest BCUT2D eigenvalue weighted by Crippen LogP contribution is 2.23. The van der Waals surface area contributed by atoms with Crippen molar-refractivity contribution in [2.75, 3.05) is 18.4 Å². The van der Waals surface area contributed by atoms with Crippen LogP contribution >= 0.6 is 0 Å². The van der Waals surface area contributed by atoms with Crippen LogP contribution in [0.5, 0.6) is 0 Å². The zero-order valence-corrected chi connectivity index (χ0v) is 16.6. The van der Waals surface area contributed by atoms with Gasteiger partial charge in [-0.2, -0.15) is 0 Å². The predicted octanol–water partition coefficient (Wildman–Crippen LogP) is 2.98. The van der Waals surface area contributed by atoms with Crippen molar-refractivity contribution in [2.45, 2.75) is 38.8 Å². The summed E-state index contributed by atoms with van der Waals surface area (Å²) in [6.07, 6.45) is 5.51. The van der Waals surface area contributed by atoms with Gasteiger partial charge in [0.15, 0.2) is 0 Å². The molecule has 3 aromatic rings. The van der Waals surface area contributed by atoms with Gasteiger partial charge in [-0.1, -0.05) is 0 Å². The number of anilines is 1. The number of nitrogens with zero attached hydrogens (tertiary/aromatic N) is 4. The molecular weight excluding hydrogens is 371 g/mol. The number of halogens is 1. The number of rotatable bonds is 5. The third-order valence-corrected chi connectivity index (χ3v) is 5.15. The first kappa shape index (κ1) is 19.3. The van der Waals surface area contributed by atoms with Gasteiger partial charge in [-0.15, -0.1) is 0 Å². The van der Waals surface area contributed by atoms with E-state index in [1.165, 1.54) is 12.1 Å². The van der Waals surface area contributed by atoms with Crippen LogP contribution in [0, 0.1) is 5.82 Å². The van der Waals surface area contributed by atoms with Gasteiger partial charge >= 0.3 is 5.69 Å². The Hall–Kier alpha value is -3.00. The minimum Gasteiger partial charge on any atom is -0.351 e. The van der Waals surface area contributed by atoms with Crippen LogP contribution in [-0.2, 0) is 0 Å². The molecular formula is C21H25FN6O. The quantitative estimate of drug-likeness (QED) is 0.693. The Morgan fingerprint density at radius 3 is 2.59 bits per heavy atom. The molecule has 0 amide bonds. The average Bonchev–Trinajstić information content (AvgIpc) is 3.07. The van der Waals surface area contributed by atoms with E-state index >= 15 is 0 Å². The van der Waals surface area contributed by atoms with Gasteiger partial charge in [0.25, 0.3) is 0 Å². The molecule has 1 aromatic carbocycles. The van der Waals surface area contributed by atoms with Crippen LogP contribution in [0.25, 0.3) is 17.1 Å². The van der Waals surface area contributed by atoms with Gasteiger partial charge in [-0.25, -0.2) is 19.2 Å². The van der Waals surface area contributed by atoms with Crippen LogP contribution in [0.3, 0.4) is 0 Å². The second-order valence-electron chi connectivity index (χ2n) is 7.54. The van der Waals surface area contributed by atoms with Gasteiger partial charge < -0.3 is 10.6 Å². The summed E-state index contributed by atoms with van der Waals surface area (Å²) in [4.78, 5) is 22.1. The van der Waals surface area contributed by atoms with Crippen LogP contribution in [0.15, 0.2) is 47.5 Å². The van der Waals surface area contributed by atoms with E-state index in [2.05, 4.69) is 20.6 Å². The molecule has 2 aromatic heterocycles. The fourth-order valence-electron chi connectivity index (χ4n) is 3.57. The Bertz CT molecular complexity index is 1030. The monoisotopic (exact) mass is 396 g/mol. The molecule has 0 spiro atoms. The molecule has 0 bridgehead atoms. The highest BCUT2D eigenvalue weighted by Gasteiger charge is 2.19. The van der Waals surface area contributed by atoms with E-state index in [1.54, 1.807) is 39.7 Å². The van der Waals surface area contributed by atoms with Crippen LogP contribution < -0.4 is 16.3 Å². The third-order valence-electron chi connectivity index (χ3n) is 5.15. The highest BCUT2D eigenvalue weighted by molar-refractivity contribution is 5.59. The molecule has 0 unspecified atom stereocenters. The van der Waals surface area contributed by atoms with Gasteiger partial charge in [0.05, 0.1) is 17.1 Å². The van der Waals surface area contributed by atoms with Crippen molar-refractivity contribution in [1.29, 1.82) is 0 Å². The van der Waals surface area contributed by atoms with Gasteiger partial charge in [-0.05, 0) is 70.1 Å². The molecule has 4 rings (SSSR count). The molecule has 8 heteroatoms. The lowest BCUT2D eigenvalue weighted by molar-refractivity contribution is 0.477. The van der Waals surface area contributed by atoms with E-state index in [0.29, 0.717) is 29.1 Å². The van der Waals surface area contributed by atoms with Crippen molar-refractivity contribution in [3.63, 3.8) is 0 Å². The summed E-state index contributed by atoms with van der Waals surface area (Å²) >= 11 is 0. The Morgan fingerprint density at radius 2 is 1.90 bits per heavy atom. The average molecular weight is 396 g/mol.